The molecule has 0 radical (unpaired) electrons. The number of hydrogen-bond acceptors (Lipinski definition) is 3. The Kier molecular flexibility index (Phi) is 4.05. The van der Waals surface area contributed by atoms with Gasteiger partial charge in [-0.25, -0.2) is 0 Å². The number of nitrogens with one attached hydrogen (secondary N) is 2. The molecule has 0 spiro atoms. The maximum atomic E-state index is 12.0. The molecule has 0 bridgehead atoms. The number of carbonyl (C=O) groups excluding carboxylic acids is 1. The third kappa shape index (κ3) is 2.99. The molecule has 0 aromatic rings. The second-order valence-corrected chi connectivity index (χ2v) is 5.94. The molecule has 2 aliphatic heterocycles. The van der Waals surface area contributed by atoms with Gasteiger partial charge in [0.1, 0.15) is 6.04 Å². The summed E-state index contributed by atoms with van der Waals surface area (Å²) in [7, 11) is 0. The van der Waals surface area contributed by atoms with Crippen LogP contribution in [0.2, 0.25) is 0 Å². The third-order valence-electron chi connectivity index (χ3n) is 3.95. The molecule has 3 atom stereocenters. The SMILES string of the molecule is CC(C)CC(C)C1CN2CCNCC2C(=O)N1. The molecule has 3 unspecified atom stereocenters. The molecule has 1 amide bonds. The average molecular weight is 239 g/mol. The first-order valence-corrected chi connectivity index (χ1v) is 6.83. The van der Waals surface area contributed by atoms with Crippen molar-refractivity contribution in [1.82, 2.24) is 15.5 Å². The Morgan fingerprint density at radius 2 is 2.18 bits per heavy atom. The second kappa shape index (κ2) is 5.36. The number of carbonyl (C=O) groups is 1. The van der Waals surface area contributed by atoms with Gasteiger partial charge in [-0.2, -0.15) is 0 Å². The summed E-state index contributed by atoms with van der Waals surface area (Å²) in [6, 6.07) is 0.394. The van der Waals surface area contributed by atoms with E-state index in [9.17, 15) is 4.79 Å². The quantitative estimate of drug-likeness (QED) is 0.751. The van der Waals surface area contributed by atoms with Crippen LogP contribution in [0, 0.1) is 11.8 Å². The molecule has 2 fully saturated rings. The summed E-state index contributed by atoms with van der Waals surface area (Å²) < 4.78 is 0. The van der Waals surface area contributed by atoms with Gasteiger partial charge in [0.2, 0.25) is 5.91 Å². The van der Waals surface area contributed by atoms with Crippen molar-refractivity contribution in [3.8, 4) is 0 Å². The van der Waals surface area contributed by atoms with E-state index in [4.69, 9.17) is 0 Å². The van der Waals surface area contributed by atoms with Gasteiger partial charge in [-0.15, -0.1) is 0 Å². The molecule has 2 rings (SSSR count). The molecule has 2 aliphatic rings. The average Bonchev–Trinajstić information content (AvgIpc) is 2.28. The van der Waals surface area contributed by atoms with Gasteiger partial charge in [0.25, 0.3) is 0 Å². The van der Waals surface area contributed by atoms with Gasteiger partial charge in [0, 0.05) is 32.2 Å². The lowest BCUT2D eigenvalue weighted by atomic mass is 9.89. The Labute approximate surface area is 104 Å². The van der Waals surface area contributed by atoms with E-state index in [1.165, 1.54) is 6.42 Å². The van der Waals surface area contributed by atoms with Crippen LogP contribution < -0.4 is 10.6 Å². The van der Waals surface area contributed by atoms with Crippen LogP contribution in [0.15, 0.2) is 0 Å². The number of rotatable bonds is 3. The highest BCUT2D eigenvalue weighted by Crippen LogP contribution is 2.20. The first-order chi connectivity index (χ1) is 8.08. The van der Waals surface area contributed by atoms with E-state index in [1.807, 2.05) is 0 Å². The zero-order valence-corrected chi connectivity index (χ0v) is 11.2. The summed E-state index contributed by atoms with van der Waals surface area (Å²) in [5.74, 6) is 1.47. The summed E-state index contributed by atoms with van der Waals surface area (Å²) in [5, 5.41) is 6.49. The monoisotopic (exact) mass is 239 g/mol. The Bertz CT molecular complexity index is 280. The topological polar surface area (TPSA) is 44.4 Å². The molecular weight excluding hydrogens is 214 g/mol. The van der Waals surface area contributed by atoms with Crippen molar-refractivity contribution >= 4 is 5.91 Å². The van der Waals surface area contributed by atoms with Gasteiger partial charge in [0.15, 0.2) is 0 Å². The van der Waals surface area contributed by atoms with Gasteiger partial charge in [-0.1, -0.05) is 20.8 Å². The first kappa shape index (κ1) is 12.8. The highest BCUT2D eigenvalue weighted by atomic mass is 16.2. The third-order valence-corrected chi connectivity index (χ3v) is 3.95. The maximum Gasteiger partial charge on any atom is 0.238 e. The lowest BCUT2D eigenvalue weighted by Crippen LogP contribution is -2.67. The number of piperazine rings is 2. The molecule has 0 saturated carbocycles. The van der Waals surface area contributed by atoms with Crippen LogP contribution in [0.3, 0.4) is 0 Å². The summed E-state index contributed by atoms with van der Waals surface area (Å²) in [6.07, 6.45) is 1.18. The molecule has 0 aromatic heterocycles. The number of hydrogen-bond donors (Lipinski definition) is 2. The van der Waals surface area contributed by atoms with E-state index in [0.29, 0.717) is 17.9 Å². The van der Waals surface area contributed by atoms with E-state index >= 15 is 0 Å². The van der Waals surface area contributed by atoms with Crippen LogP contribution in [-0.2, 0) is 4.79 Å². The van der Waals surface area contributed by atoms with Crippen molar-refractivity contribution in [3.05, 3.63) is 0 Å². The van der Waals surface area contributed by atoms with E-state index in [2.05, 4.69) is 36.3 Å². The maximum absolute atomic E-state index is 12.0. The molecule has 0 aliphatic carbocycles. The minimum Gasteiger partial charge on any atom is -0.350 e. The fourth-order valence-corrected chi connectivity index (χ4v) is 3.03. The summed E-state index contributed by atoms with van der Waals surface area (Å²) in [5.41, 5.74) is 0. The van der Waals surface area contributed by atoms with Crippen molar-refractivity contribution in [1.29, 1.82) is 0 Å². The van der Waals surface area contributed by atoms with Crippen LogP contribution in [-0.4, -0.2) is 49.1 Å². The Morgan fingerprint density at radius 3 is 2.88 bits per heavy atom. The number of fused-ring (bicyclic) bond motifs is 1. The smallest absolute Gasteiger partial charge is 0.238 e. The van der Waals surface area contributed by atoms with Gasteiger partial charge in [-0.05, 0) is 18.3 Å². The molecule has 2 heterocycles. The van der Waals surface area contributed by atoms with Crippen molar-refractivity contribution in [2.45, 2.75) is 39.3 Å². The van der Waals surface area contributed by atoms with Crippen LogP contribution >= 0.6 is 0 Å². The predicted octanol–water partition coefficient (Wildman–Crippen LogP) is 0.441. The largest absolute Gasteiger partial charge is 0.350 e. The summed E-state index contributed by atoms with van der Waals surface area (Å²) in [4.78, 5) is 14.4. The Balaban J connectivity index is 1.95. The molecule has 17 heavy (non-hydrogen) atoms. The number of amides is 1. The summed E-state index contributed by atoms with van der Waals surface area (Å²) in [6.45, 7) is 10.6. The molecule has 0 aromatic carbocycles. The van der Waals surface area contributed by atoms with E-state index in [1.54, 1.807) is 0 Å². The lowest BCUT2D eigenvalue weighted by molar-refractivity contribution is -0.132. The second-order valence-electron chi connectivity index (χ2n) is 5.94. The van der Waals surface area contributed by atoms with Crippen molar-refractivity contribution in [2.24, 2.45) is 11.8 Å². The standard InChI is InChI=1S/C13H25N3O/c1-9(2)6-10(3)11-8-16-5-4-14-7-12(16)13(17)15-11/h9-12,14H,4-8H2,1-3H3,(H,15,17). The minimum absolute atomic E-state index is 0.0613. The van der Waals surface area contributed by atoms with Gasteiger partial charge < -0.3 is 10.6 Å². The normalized spacial score (nSPS) is 32.1. The molecule has 2 saturated heterocycles. The lowest BCUT2D eigenvalue weighted by Gasteiger charge is -2.44. The van der Waals surface area contributed by atoms with Crippen LogP contribution in [0.4, 0.5) is 0 Å². The molecule has 2 N–H and O–H groups in total. The van der Waals surface area contributed by atoms with Crippen LogP contribution in [0.1, 0.15) is 27.2 Å². The Morgan fingerprint density at radius 1 is 1.41 bits per heavy atom. The molecular formula is C13H25N3O. The highest BCUT2D eigenvalue weighted by molar-refractivity contribution is 5.83. The summed E-state index contributed by atoms with van der Waals surface area (Å²) >= 11 is 0. The predicted molar refractivity (Wildman–Crippen MR) is 68.8 cm³/mol. The molecule has 4 heteroatoms. The highest BCUT2D eigenvalue weighted by Gasteiger charge is 2.37. The van der Waals surface area contributed by atoms with Gasteiger partial charge >= 0.3 is 0 Å². The van der Waals surface area contributed by atoms with Crippen molar-refractivity contribution < 1.29 is 4.79 Å². The zero-order chi connectivity index (χ0) is 12.4. The first-order valence-electron chi connectivity index (χ1n) is 6.83. The van der Waals surface area contributed by atoms with Crippen LogP contribution in [0.25, 0.3) is 0 Å². The van der Waals surface area contributed by atoms with Crippen molar-refractivity contribution in [2.75, 3.05) is 26.2 Å². The zero-order valence-electron chi connectivity index (χ0n) is 11.2. The van der Waals surface area contributed by atoms with Crippen LogP contribution in [0.5, 0.6) is 0 Å². The van der Waals surface area contributed by atoms with Gasteiger partial charge in [0.05, 0.1) is 0 Å². The van der Waals surface area contributed by atoms with E-state index in [-0.39, 0.29) is 11.9 Å². The fraction of sp³-hybridized carbons (Fsp3) is 0.923. The van der Waals surface area contributed by atoms with E-state index < -0.39 is 0 Å². The van der Waals surface area contributed by atoms with E-state index in [0.717, 1.165) is 26.2 Å². The minimum atomic E-state index is 0.0613. The Hall–Kier alpha value is -0.610. The molecule has 98 valence electrons. The van der Waals surface area contributed by atoms with Crippen molar-refractivity contribution in [3.63, 3.8) is 0 Å². The van der Waals surface area contributed by atoms with Gasteiger partial charge in [-0.3, -0.25) is 9.69 Å². The number of nitrogens with zero attached hydrogens (tertiary/aromatic N) is 1. The fourth-order valence-electron chi connectivity index (χ4n) is 3.03. The molecule has 4 nitrogen and oxygen atoms in total.